The second kappa shape index (κ2) is 8.05. The second-order valence-electron chi connectivity index (χ2n) is 6.25. The molecule has 0 aliphatic carbocycles. The highest BCUT2D eigenvalue weighted by atomic mass is 32.2. The third kappa shape index (κ3) is 3.99. The molecule has 0 unspecified atom stereocenters. The number of thioether (sulfide) groups is 1. The summed E-state index contributed by atoms with van der Waals surface area (Å²) in [5, 5.41) is 9.77. The van der Waals surface area contributed by atoms with Crippen LogP contribution in [0.2, 0.25) is 0 Å². The maximum atomic E-state index is 12.7. The Bertz CT molecular complexity index is 901. The Hall–Kier alpha value is -2.12. The molecule has 1 aromatic carbocycles. The molecule has 0 radical (unpaired) electrons. The molecular formula is C19H20N2O3S2. The van der Waals surface area contributed by atoms with Gasteiger partial charge in [-0.25, -0.2) is 0 Å². The number of hydrogen-bond acceptors (Lipinski definition) is 4. The lowest BCUT2D eigenvalue weighted by molar-refractivity contribution is -0.137. The maximum absolute atomic E-state index is 12.7. The Kier molecular flexibility index (Phi) is 5.78. The SMILES string of the molecule is Cn1cc(/C=C2\SC(=S)N(CCCCCC(=O)O)C2=O)c2ccccc21. The lowest BCUT2D eigenvalue weighted by Gasteiger charge is -2.13. The number of rotatable bonds is 7. The van der Waals surface area contributed by atoms with E-state index in [1.807, 2.05) is 42.1 Å². The number of para-hydroxylation sites is 1. The van der Waals surface area contributed by atoms with E-state index in [-0.39, 0.29) is 12.3 Å². The molecular weight excluding hydrogens is 368 g/mol. The van der Waals surface area contributed by atoms with Crippen LogP contribution in [0.1, 0.15) is 31.2 Å². The first kappa shape index (κ1) is 18.7. The van der Waals surface area contributed by atoms with Crippen LogP contribution in [0.25, 0.3) is 17.0 Å². The summed E-state index contributed by atoms with van der Waals surface area (Å²) in [6.07, 6.45) is 6.23. The number of carboxylic acids is 1. The van der Waals surface area contributed by atoms with Crippen LogP contribution in [0.4, 0.5) is 0 Å². The molecule has 1 N–H and O–H groups in total. The van der Waals surface area contributed by atoms with Crippen molar-refractivity contribution in [1.82, 2.24) is 9.47 Å². The van der Waals surface area contributed by atoms with E-state index in [4.69, 9.17) is 17.3 Å². The summed E-state index contributed by atoms with van der Waals surface area (Å²) in [4.78, 5) is 25.5. The predicted octanol–water partition coefficient (Wildman–Crippen LogP) is 4.02. The molecule has 1 aliphatic heterocycles. The van der Waals surface area contributed by atoms with Crippen molar-refractivity contribution in [1.29, 1.82) is 0 Å². The number of amides is 1. The summed E-state index contributed by atoms with van der Waals surface area (Å²) in [5.41, 5.74) is 2.12. The first-order valence-electron chi connectivity index (χ1n) is 8.48. The number of hydrogen-bond donors (Lipinski definition) is 1. The highest BCUT2D eigenvalue weighted by molar-refractivity contribution is 8.26. The molecule has 1 saturated heterocycles. The summed E-state index contributed by atoms with van der Waals surface area (Å²) < 4.78 is 2.62. The largest absolute Gasteiger partial charge is 0.481 e. The van der Waals surface area contributed by atoms with Gasteiger partial charge in [-0.1, -0.05) is 48.6 Å². The van der Waals surface area contributed by atoms with Crippen LogP contribution in [0.5, 0.6) is 0 Å². The monoisotopic (exact) mass is 388 g/mol. The molecule has 2 aromatic rings. The van der Waals surface area contributed by atoms with Crippen LogP contribution >= 0.6 is 24.0 Å². The minimum atomic E-state index is -0.784. The molecule has 1 aromatic heterocycles. The molecule has 0 bridgehead atoms. The standard InChI is InChI=1S/C19H20N2O3S2/c1-20-12-13(14-7-4-5-8-15(14)20)11-16-18(24)21(19(25)26-16)10-6-2-3-9-17(22)23/h4-5,7-8,11-12H,2-3,6,9-10H2,1H3,(H,22,23)/b16-11-. The highest BCUT2D eigenvalue weighted by Gasteiger charge is 2.31. The van der Waals surface area contributed by atoms with E-state index in [2.05, 4.69) is 6.07 Å². The number of aromatic nitrogens is 1. The summed E-state index contributed by atoms with van der Waals surface area (Å²) in [6.45, 7) is 0.539. The number of thiocarbonyl (C=S) groups is 1. The van der Waals surface area contributed by atoms with Gasteiger partial charge in [-0.3, -0.25) is 14.5 Å². The van der Waals surface area contributed by atoms with Crippen LogP contribution in [-0.4, -0.2) is 37.3 Å². The molecule has 5 nitrogen and oxygen atoms in total. The molecule has 0 spiro atoms. The number of carbonyl (C=O) groups excluding carboxylic acids is 1. The van der Waals surface area contributed by atoms with E-state index in [1.165, 1.54) is 11.8 Å². The lowest BCUT2D eigenvalue weighted by atomic mass is 10.1. The van der Waals surface area contributed by atoms with Crippen LogP contribution in [0.15, 0.2) is 35.4 Å². The smallest absolute Gasteiger partial charge is 0.303 e. The Morgan fingerprint density at radius 2 is 2.04 bits per heavy atom. The Balaban J connectivity index is 1.70. The molecule has 26 heavy (non-hydrogen) atoms. The van der Waals surface area contributed by atoms with Gasteiger partial charge in [0.2, 0.25) is 0 Å². The summed E-state index contributed by atoms with van der Waals surface area (Å²) in [6, 6.07) is 8.08. The molecule has 3 rings (SSSR count). The number of fused-ring (bicyclic) bond motifs is 1. The molecule has 1 amide bonds. The minimum Gasteiger partial charge on any atom is -0.481 e. The van der Waals surface area contributed by atoms with E-state index < -0.39 is 5.97 Å². The fraction of sp³-hybridized carbons (Fsp3) is 0.316. The zero-order valence-electron chi connectivity index (χ0n) is 14.5. The van der Waals surface area contributed by atoms with E-state index in [0.29, 0.717) is 22.2 Å². The number of aliphatic carboxylic acids is 1. The minimum absolute atomic E-state index is 0.0637. The molecule has 7 heteroatoms. The van der Waals surface area contributed by atoms with Gasteiger partial charge in [0.05, 0.1) is 4.91 Å². The van der Waals surface area contributed by atoms with Gasteiger partial charge in [0.25, 0.3) is 5.91 Å². The van der Waals surface area contributed by atoms with Crippen molar-refractivity contribution < 1.29 is 14.7 Å². The number of carboxylic acid groups (broad SMARTS) is 1. The fourth-order valence-electron chi connectivity index (χ4n) is 3.04. The molecule has 0 saturated carbocycles. The second-order valence-corrected chi connectivity index (χ2v) is 7.93. The van der Waals surface area contributed by atoms with Gasteiger partial charge in [0, 0.05) is 42.7 Å². The molecule has 136 valence electrons. The number of unbranched alkanes of at least 4 members (excludes halogenated alkanes) is 2. The van der Waals surface area contributed by atoms with Crippen molar-refractivity contribution in [3.63, 3.8) is 0 Å². The van der Waals surface area contributed by atoms with Crippen LogP contribution in [-0.2, 0) is 16.6 Å². The van der Waals surface area contributed by atoms with Crippen LogP contribution in [0.3, 0.4) is 0 Å². The Morgan fingerprint density at radius 1 is 1.27 bits per heavy atom. The molecule has 0 atom stereocenters. The quantitative estimate of drug-likeness (QED) is 0.441. The topological polar surface area (TPSA) is 62.5 Å². The van der Waals surface area contributed by atoms with Crippen LogP contribution < -0.4 is 0 Å². The highest BCUT2D eigenvalue weighted by Crippen LogP contribution is 2.34. The van der Waals surface area contributed by atoms with Gasteiger partial charge in [-0.05, 0) is 25.0 Å². The number of aryl methyl sites for hydroxylation is 1. The van der Waals surface area contributed by atoms with Crippen molar-refractivity contribution >= 4 is 57.2 Å². The zero-order chi connectivity index (χ0) is 18.7. The fourth-order valence-corrected chi connectivity index (χ4v) is 4.34. The normalized spacial score (nSPS) is 16.2. The first-order valence-corrected chi connectivity index (χ1v) is 9.71. The van der Waals surface area contributed by atoms with Crippen molar-refractivity contribution in [3.05, 3.63) is 40.9 Å². The van der Waals surface area contributed by atoms with Crippen molar-refractivity contribution in [2.24, 2.45) is 7.05 Å². The molecule has 1 aliphatic rings. The van der Waals surface area contributed by atoms with E-state index in [0.717, 1.165) is 29.3 Å². The van der Waals surface area contributed by atoms with Gasteiger partial charge in [0.15, 0.2) is 0 Å². The van der Waals surface area contributed by atoms with Crippen molar-refractivity contribution in [2.45, 2.75) is 25.7 Å². The summed E-state index contributed by atoms with van der Waals surface area (Å²) >= 11 is 6.69. The van der Waals surface area contributed by atoms with Crippen molar-refractivity contribution in [3.8, 4) is 0 Å². The predicted molar refractivity (Wildman–Crippen MR) is 109 cm³/mol. The van der Waals surface area contributed by atoms with Gasteiger partial charge in [0.1, 0.15) is 4.32 Å². The zero-order valence-corrected chi connectivity index (χ0v) is 16.1. The first-order chi connectivity index (χ1) is 12.5. The average Bonchev–Trinajstić information content (AvgIpc) is 3.06. The van der Waals surface area contributed by atoms with Crippen molar-refractivity contribution in [2.75, 3.05) is 6.54 Å². The van der Waals surface area contributed by atoms with Gasteiger partial charge < -0.3 is 9.67 Å². The van der Waals surface area contributed by atoms with Crippen LogP contribution in [0, 0.1) is 0 Å². The third-order valence-electron chi connectivity index (χ3n) is 4.36. The number of nitrogens with zero attached hydrogens (tertiary/aromatic N) is 2. The maximum Gasteiger partial charge on any atom is 0.303 e. The Morgan fingerprint density at radius 3 is 2.81 bits per heavy atom. The van der Waals surface area contributed by atoms with E-state index >= 15 is 0 Å². The summed E-state index contributed by atoms with van der Waals surface area (Å²) in [5.74, 6) is -0.847. The molecule has 2 heterocycles. The van der Waals surface area contributed by atoms with E-state index in [9.17, 15) is 9.59 Å². The number of benzene rings is 1. The van der Waals surface area contributed by atoms with Gasteiger partial charge >= 0.3 is 5.97 Å². The summed E-state index contributed by atoms with van der Waals surface area (Å²) in [7, 11) is 1.99. The average molecular weight is 389 g/mol. The van der Waals surface area contributed by atoms with Gasteiger partial charge in [-0.15, -0.1) is 0 Å². The molecule has 1 fully saturated rings. The number of carbonyl (C=O) groups is 2. The third-order valence-corrected chi connectivity index (χ3v) is 5.74. The van der Waals surface area contributed by atoms with Gasteiger partial charge in [-0.2, -0.15) is 0 Å². The Labute approximate surface area is 161 Å². The lowest BCUT2D eigenvalue weighted by Crippen LogP contribution is -2.29. The van der Waals surface area contributed by atoms with E-state index in [1.54, 1.807) is 4.90 Å².